The summed E-state index contributed by atoms with van der Waals surface area (Å²) in [6.07, 6.45) is 1.68. The summed E-state index contributed by atoms with van der Waals surface area (Å²) in [6, 6.07) is 9.45. The van der Waals surface area contributed by atoms with Crippen molar-refractivity contribution < 1.29 is 0 Å². The lowest BCUT2D eigenvalue weighted by atomic mass is 10.1. The Hall–Kier alpha value is -2.12. The Morgan fingerprint density at radius 2 is 2.05 bits per heavy atom. The van der Waals surface area contributed by atoms with E-state index in [4.69, 9.17) is 5.73 Å². The molecule has 1 aromatic carbocycles. The van der Waals surface area contributed by atoms with Gasteiger partial charge in [0.25, 0.3) is 0 Å². The number of nitrogens with two attached hydrogens (primary N) is 1. The average Bonchev–Trinajstić information content (AvgIpc) is 3.07. The Kier molecular flexibility index (Phi) is 3.06. The number of hydrogen-bond acceptors (Lipinski definition) is 6. The van der Waals surface area contributed by atoms with E-state index in [2.05, 4.69) is 19.9 Å². The summed E-state index contributed by atoms with van der Waals surface area (Å²) in [7, 11) is 0. The first kappa shape index (κ1) is 11.9. The molecule has 96 valence electrons. The molecule has 1 unspecified atom stereocenters. The lowest BCUT2D eigenvalue weighted by Gasteiger charge is -2.11. The van der Waals surface area contributed by atoms with Crippen molar-refractivity contribution in [3.05, 3.63) is 52.8 Å². The summed E-state index contributed by atoms with van der Waals surface area (Å²) in [5.41, 5.74) is 8.87. The number of rotatable bonds is 3. The van der Waals surface area contributed by atoms with Crippen LogP contribution in [0.2, 0.25) is 0 Å². The molecule has 3 rings (SSSR count). The summed E-state index contributed by atoms with van der Waals surface area (Å²) >= 11 is 1.30. The van der Waals surface area contributed by atoms with E-state index in [9.17, 15) is 0 Å². The van der Waals surface area contributed by atoms with Crippen LogP contribution in [0.15, 0.2) is 36.5 Å². The molecule has 0 spiro atoms. The molecular weight excluding hydrogens is 260 g/mol. The quantitative estimate of drug-likeness (QED) is 0.780. The van der Waals surface area contributed by atoms with Gasteiger partial charge in [-0.2, -0.15) is 0 Å². The predicted molar refractivity (Wildman–Crippen MR) is 72.0 cm³/mol. The van der Waals surface area contributed by atoms with Crippen molar-refractivity contribution in [2.24, 2.45) is 5.73 Å². The Bertz CT molecular complexity index is 674. The SMILES string of the molecule is Cc1nnsc1C(N)c1cnnn1-c1ccccc1. The van der Waals surface area contributed by atoms with Crippen LogP contribution >= 0.6 is 11.5 Å². The van der Waals surface area contributed by atoms with Gasteiger partial charge < -0.3 is 5.73 Å². The van der Waals surface area contributed by atoms with Crippen LogP contribution < -0.4 is 5.73 Å². The first-order valence-corrected chi connectivity index (χ1v) is 6.55. The standard InChI is InChI=1S/C12H12N6S/c1-8-12(19-17-15-8)11(13)10-7-14-16-18(10)9-5-3-2-4-6-9/h2-7,11H,13H2,1H3. The van der Waals surface area contributed by atoms with Gasteiger partial charge in [-0.25, -0.2) is 4.68 Å². The van der Waals surface area contributed by atoms with Crippen LogP contribution in [0.1, 0.15) is 22.3 Å². The minimum Gasteiger partial charge on any atom is -0.318 e. The topological polar surface area (TPSA) is 82.5 Å². The second-order valence-corrected chi connectivity index (χ2v) is 4.89. The summed E-state index contributed by atoms with van der Waals surface area (Å²) in [4.78, 5) is 0.930. The second-order valence-electron chi connectivity index (χ2n) is 4.11. The van der Waals surface area contributed by atoms with E-state index >= 15 is 0 Å². The van der Waals surface area contributed by atoms with Crippen LogP contribution in [-0.4, -0.2) is 24.6 Å². The van der Waals surface area contributed by atoms with Crippen LogP contribution in [0, 0.1) is 6.92 Å². The van der Waals surface area contributed by atoms with Gasteiger partial charge in [-0.1, -0.05) is 27.9 Å². The lowest BCUT2D eigenvalue weighted by molar-refractivity contribution is 0.722. The number of benzene rings is 1. The number of para-hydroxylation sites is 1. The molecule has 0 aliphatic heterocycles. The third-order valence-corrected chi connectivity index (χ3v) is 3.77. The molecule has 0 radical (unpaired) electrons. The molecule has 7 heteroatoms. The van der Waals surface area contributed by atoms with Crippen LogP contribution in [0.5, 0.6) is 0 Å². The molecule has 0 fully saturated rings. The predicted octanol–water partition coefficient (Wildman–Crippen LogP) is 1.48. The Balaban J connectivity index is 2.04. The summed E-state index contributed by atoms with van der Waals surface area (Å²) < 4.78 is 5.66. The van der Waals surface area contributed by atoms with E-state index in [1.165, 1.54) is 11.5 Å². The van der Waals surface area contributed by atoms with Crippen molar-refractivity contribution in [3.8, 4) is 5.69 Å². The minimum atomic E-state index is -0.324. The van der Waals surface area contributed by atoms with Crippen molar-refractivity contribution >= 4 is 11.5 Å². The van der Waals surface area contributed by atoms with Crippen LogP contribution in [0.4, 0.5) is 0 Å². The Labute approximate surface area is 114 Å². The number of aromatic nitrogens is 5. The first-order valence-electron chi connectivity index (χ1n) is 5.78. The molecule has 0 saturated carbocycles. The third kappa shape index (κ3) is 2.13. The van der Waals surface area contributed by atoms with Crippen molar-refractivity contribution in [2.75, 3.05) is 0 Å². The number of hydrogen-bond donors (Lipinski definition) is 1. The molecule has 0 amide bonds. The van der Waals surface area contributed by atoms with Gasteiger partial charge in [0.15, 0.2) is 0 Å². The lowest BCUT2D eigenvalue weighted by Crippen LogP contribution is -2.16. The van der Waals surface area contributed by atoms with Crippen molar-refractivity contribution in [1.29, 1.82) is 0 Å². The van der Waals surface area contributed by atoms with Gasteiger partial charge >= 0.3 is 0 Å². The van der Waals surface area contributed by atoms with E-state index < -0.39 is 0 Å². The van der Waals surface area contributed by atoms with E-state index in [1.807, 2.05) is 37.3 Å². The first-order chi connectivity index (χ1) is 9.27. The van der Waals surface area contributed by atoms with Crippen LogP contribution in [0.3, 0.4) is 0 Å². The molecule has 1 atom stereocenters. The maximum atomic E-state index is 6.27. The minimum absolute atomic E-state index is 0.324. The third-order valence-electron chi connectivity index (χ3n) is 2.86. The van der Waals surface area contributed by atoms with E-state index in [1.54, 1.807) is 10.9 Å². The van der Waals surface area contributed by atoms with Crippen LogP contribution in [-0.2, 0) is 0 Å². The highest BCUT2D eigenvalue weighted by molar-refractivity contribution is 7.05. The second kappa shape index (κ2) is 4.87. The fourth-order valence-electron chi connectivity index (χ4n) is 1.88. The smallest absolute Gasteiger partial charge is 0.0873 e. The fourth-order valence-corrected chi connectivity index (χ4v) is 2.54. The van der Waals surface area contributed by atoms with Gasteiger partial charge in [-0.3, -0.25) is 0 Å². The summed E-state index contributed by atoms with van der Waals surface area (Å²) in [6.45, 7) is 1.90. The van der Waals surface area contributed by atoms with Crippen molar-refractivity contribution in [3.63, 3.8) is 0 Å². The molecule has 19 heavy (non-hydrogen) atoms. The Morgan fingerprint density at radius 3 is 2.74 bits per heavy atom. The van der Waals surface area contributed by atoms with Crippen molar-refractivity contribution in [2.45, 2.75) is 13.0 Å². The van der Waals surface area contributed by atoms with Gasteiger partial charge in [0.2, 0.25) is 0 Å². The zero-order valence-corrected chi connectivity index (χ0v) is 11.1. The number of aryl methyl sites for hydroxylation is 1. The molecule has 0 aliphatic rings. The molecule has 2 heterocycles. The van der Waals surface area contributed by atoms with Crippen molar-refractivity contribution in [1.82, 2.24) is 24.6 Å². The zero-order valence-electron chi connectivity index (χ0n) is 10.3. The molecule has 2 N–H and O–H groups in total. The summed E-state index contributed by atoms with van der Waals surface area (Å²) in [5.74, 6) is 0. The van der Waals surface area contributed by atoms with Gasteiger partial charge in [0, 0.05) is 0 Å². The normalized spacial score (nSPS) is 12.5. The highest BCUT2D eigenvalue weighted by atomic mass is 32.1. The van der Waals surface area contributed by atoms with E-state index in [0.29, 0.717) is 0 Å². The van der Waals surface area contributed by atoms with Gasteiger partial charge in [-0.15, -0.1) is 10.2 Å². The number of nitrogens with zero attached hydrogens (tertiary/aromatic N) is 5. The molecule has 0 saturated heterocycles. The maximum Gasteiger partial charge on any atom is 0.0873 e. The fraction of sp³-hybridized carbons (Fsp3) is 0.167. The van der Waals surface area contributed by atoms with Crippen LogP contribution in [0.25, 0.3) is 5.69 Å². The van der Waals surface area contributed by atoms with E-state index in [-0.39, 0.29) is 6.04 Å². The Morgan fingerprint density at radius 1 is 1.26 bits per heavy atom. The van der Waals surface area contributed by atoms with Gasteiger partial charge in [-0.05, 0) is 30.6 Å². The molecule has 0 bridgehead atoms. The zero-order chi connectivity index (χ0) is 13.2. The molecule has 0 aliphatic carbocycles. The molecule has 3 aromatic rings. The van der Waals surface area contributed by atoms with Gasteiger partial charge in [0.05, 0.1) is 34.2 Å². The largest absolute Gasteiger partial charge is 0.318 e. The molecule has 6 nitrogen and oxygen atoms in total. The van der Waals surface area contributed by atoms with E-state index in [0.717, 1.165) is 22.0 Å². The maximum absolute atomic E-state index is 6.27. The highest BCUT2D eigenvalue weighted by Crippen LogP contribution is 2.25. The molecular formula is C12H12N6S. The monoisotopic (exact) mass is 272 g/mol. The highest BCUT2D eigenvalue weighted by Gasteiger charge is 2.20. The van der Waals surface area contributed by atoms with Gasteiger partial charge in [0.1, 0.15) is 0 Å². The molecule has 2 aromatic heterocycles. The summed E-state index contributed by atoms with van der Waals surface area (Å²) in [5, 5.41) is 12.0. The average molecular weight is 272 g/mol.